The van der Waals surface area contributed by atoms with Crippen molar-refractivity contribution in [2.24, 2.45) is 5.10 Å². The quantitative estimate of drug-likeness (QED) is 0.644. The van der Waals surface area contributed by atoms with E-state index in [4.69, 9.17) is 4.42 Å². The van der Waals surface area contributed by atoms with Crippen LogP contribution in [-0.2, 0) is 6.42 Å². The van der Waals surface area contributed by atoms with Crippen molar-refractivity contribution in [3.05, 3.63) is 82.4 Å². The van der Waals surface area contributed by atoms with E-state index in [2.05, 4.69) is 20.8 Å². The molecule has 0 saturated carbocycles. The number of fused-ring (bicyclic) bond motifs is 1. The minimum Gasteiger partial charge on any atom is -0.455 e. The van der Waals surface area contributed by atoms with Gasteiger partial charge in [0.1, 0.15) is 11.6 Å². The summed E-state index contributed by atoms with van der Waals surface area (Å²) in [5, 5.41) is 7.10. The van der Waals surface area contributed by atoms with Crippen LogP contribution in [0.4, 0.5) is 5.82 Å². The molecule has 0 atom stereocenters. The molecule has 0 unspecified atom stereocenters. The predicted octanol–water partition coefficient (Wildman–Crippen LogP) is 4.01. The summed E-state index contributed by atoms with van der Waals surface area (Å²) in [4.78, 5) is 29.2. The molecule has 7 heteroatoms. The summed E-state index contributed by atoms with van der Waals surface area (Å²) in [5.41, 5.74) is 6.49. The molecule has 2 amide bonds. The molecule has 7 nitrogen and oxygen atoms in total. The van der Waals surface area contributed by atoms with E-state index >= 15 is 0 Å². The van der Waals surface area contributed by atoms with Gasteiger partial charge in [0.25, 0.3) is 11.8 Å². The van der Waals surface area contributed by atoms with Gasteiger partial charge in [0.05, 0.1) is 5.71 Å². The van der Waals surface area contributed by atoms with Crippen molar-refractivity contribution in [2.45, 2.75) is 33.1 Å². The molecule has 4 rings (SSSR count). The van der Waals surface area contributed by atoms with Crippen LogP contribution in [0.15, 0.2) is 58.2 Å². The Hall–Kier alpha value is -3.74. The van der Waals surface area contributed by atoms with Crippen LogP contribution in [-0.4, -0.2) is 22.5 Å². The molecule has 3 aromatic rings. The van der Waals surface area contributed by atoms with Gasteiger partial charge in [0.15, 0.2) is 5.76 Å². The summed E-state index contributed by atoms with van der Waals surface area (Å²) < 4.78 is 5.87. The van der Waals surface area contributed by atoms with Crippen LogP contribution < -0.4 is 10.7 Å². The second-order valence-corrected chi connectivity index (χ2v) is 7.24. The van der Waals surface area contributed by atoms with Crippen molar-refractivity contribution in [3.63, 3.8) is 0 Å². The molecule has 0 bridgehead atoms. The third kappa shape index (κ3) is 4.00. The Balaban J connectivity index is 1.56. The van der Waals surface area contributed by atoms with E-state index in [-0.39, 0.29) is 17.6 Å². The molecule has 1 aromatic carbocycles. The second kappa shape index (κ2) is 8.32. The molecule has 2 heterocycles. The number of amides is 2. The van der Waals surface area contributed by atoms with E-state index in [1.54, 1.807) is 36.5 Å². The Labute approximate surface area is 174 Å². The van der Waals surface area contributed by atoms with E-state index in [1.807, 2.05) is 26.0 Å². The number of hydrogen-bond acceptors (Lipinski definition) is 5. The van der Waals surface area contributed by atoms with Gasteiger partial charge in [0, 0.05) is 29.3 Å². The lowest BCUT2D eigenvalue weighted by Gasteiger charge is -2.13. The molecule has 30 heavy (non-hydrogen) atoms. The van der Waals surface area contributed by atoms with Gasteiger partial charge in [0.2, 0.25) is 0 Å². The van der Waals surface area contributed by atoms with Crippen molar-refractivity contribution in [2.75, 3.05) is 5.32 Å². The molecule has 1 aliphatic rings. The average Bonchev–Trinajstić information content (AvgIpc) is 3.10. The number of carbonyl (C=O) groups is 2. The third-order valence-corrected chi connectivity index (χ3v) is 5.04. The molecule has 2 aromatic heterocycles. The first-order valence-electron chi connectivity index (χ1n) is 9.81. The fraction of sp³-hybridized carbons (Fsp3) is 0.217. The molecule has 0 aliphatic heterocycles. The Bertz CT molecular complexity index is 1120. The van der Waals surface area contributed by atoms with Crippen LogP contribution in [0.2, 0.25) is 0 Å². The van der Waals surface area contributed by atoms with Crippen molar-refractivity contribution in [1.82, 2.24) is 10.4 Å². The number of hydrazone groups is 1. The van der Waals surface area contributed by atoms with Crippen molar-refractivity contribution < 1.29 is 14.0 Å². The minimum absolute atomic E-state index is 0.241. The SMILES string of the molecule is Cc1ccc(C(=O)N/N=C2\CCCc3oc(C(=O)Nc4ccccn4)c(C)c32)cc1. The van der Waals surface area contributed by atoms with Crippen molar-refractivity contribution in [3.8, 4) is 0 Å². The second-order valence-electron chi connectivity index (χ2n) is 7.24. The van der Waals surface area contributed by atoms with Crippen LogP contribution in [0.3, 0.4) is 0 Å². The first-order chi connectivity index (χ1) is 14.5. The predicted molar refractivity (Wildman–Crippen MR) is 114 cm³/mol. The van der Waals surface area contributed by atoms with E-state index < -0.39 is 0 Å². The number of nitrogens with zero attached hydrogens (tertiary/aromatic N) is 2. The highest BCUT2D eigenvalue weighted by molar-refractivity contribution is 6.09. The lowest BCUT2D eigenvalue weighted by atomic mass is 9.93. The normalized spacial score (nSPS) is 14.3. The fourth-order valence-corrected chi connectivity index (χ4v) is 3.49. The summed E-state index contributed by atoms with van der Waals surface area (Å²) in [6.07, 6.45) is 3.86. The van der Waals surface area contributed by atoms with Gasteiger partial charge in [-0.25, -0.2) is 10.4 Å². The molecule has 0 fully saturated rings. The number of hydrogen-bond donors (Lipinski definition) is 2. The minimum atomic E-state index is -0.358. The summed E-state index contributed by atoms with van der Waals surface area (Å²) in [6.45, 7) is 3.80. The number of pyridine rings is 1. The lowest BCUT2D eigenvalue weighted by molar-refractivity contribution is 0.0953. The largest absolute Gasteiger partial charge is 0.455 e. The molecule has 0 saturated heterocycles. The Kier molecular flexibility index (Phi) is 5.43. The highest BCUT2D eigenvalue weighted by Gasteiger charge is 2.28. The maximum Gasteiger partial charge on any atom is 0.292 e. The van der Waals surface area contributed by atoms with Crippen LogP contribution in [0, 0.1) is 13.8 Å². The summed E-state index contributed by atoms with van der Waals surface area (Å²) in [5.74, 6) is 0.779. The number of benzene rings is 1. The van der Waals surface area contributed by atoms with Crippen molar-refractivity contribution in [1.29, 1.82) is 0 Å². The Morgan fingerprint density at radius 3 is 2.57 bits per heavy atom. The molecule has 0 radical (unpaired) electrons. The topological polar surface area (TPSA) is 96.6 Å². The molecule has 2 N–H and O–H groups in total. The number of anilines is 1. The Morgan fingerprint density at radius 2 is 1.83 bits per heavy atom. The number of furan rings is 1. The van der Waals surface area contributed by atoms with Gasteiger partial charge in [-0.1, -0.05) is 23.8 Å². The molecule has 1 aliphatic carbocycles. The number of aromatic nitrogens is 1. The maximum atomic E-state index is 12.7. The highest BCUT2D eigenvalue weighted by Crippen LogP contribution is 2.30. The first kappa shape index (κ1) is 19.6. The first-order valence-corrected chi connectivity index (χ1v) is 9.81. The molecular weight excluding hydrogens is 380 g/mol. The smallest absolute Gasteiger partial charge is 0.292 e. The van der Waals surface area contributed by atoms with Crippen LogP contribution in [0.5, 0.6) is 0 Å². The number of rotatable bonds is 4. The van der Waals surface area contributed by atoms with E-state index in [0.29, 0.717) is 29.1 Å². The lowest BCUT2D eigenvalue weighted by Crippen LogP contribution is -2.22. The Morgan fingerprint density at radius 1 is 1.03 bits per heavy atom. The number of aryl methyl sites for hydroxylation is 2. The number of nitrogens with one attached hydrogen (secondary N) is 2. The molecule has 152 valence electrons. The van der Waals surface area contributed by atoms with Crippen LogP contribution in [0.1, 0.15) is 56.2 Å². The zero-order valence-corrected chi connectivity index (χ0v) is 16.9. The van der Waals surface area contributed by atoms with E-state index in [9.17, 15) is 9.59 Å². The highest BCUT2D eigenvalue weighted by atomic mass is 16.4. The van der Waals surface area contributed by atoms with Gasteiger partial charge < -0.3 is 9.73 Å². The van der Waals surface area contributed by atoms with Crippen molar-refractivity contribution >= 4 is 23.3 Å². The average molecular weight is 402 g/mol. The monoisotopic (exact) mass is 402 g/mol. The van der Waals surface area contributed by atoms with Gasteiger partial charge >= 0.3 is 0 Å². The molecule has 0 spiro atoms. The maximum absolute atomic E-state index is 12.7. The van der Waals surface area contributed by atoms with Gasteiger partial charge in [-0.2, -0.15) is 5.10 Å². The van der Waals surface area contributed by atoms with E-state index in [1.165, 1.54) is 0 Å². The zero-order valence-electron chi connectivity index (χ0n) is 16.9. The van der Waals surface area contributed by atoms with Gasteiger partial charge in [-0.05, 0) is 51.0 Å². The van der Waals surface area contributed by atoms with Gasteiger partial charge in [-0.15, -0.1) is 0 Å². The summed E-state index contributed by atoms with van der Waals surface area (Å²) in [7, 11) is 0. The molecular formula is C23H22N4O3. The zero-order chi connectivity index (χ0) is 21.1. The summed E-state index contributed by atoms with van der Waals surface area (Å²) in [6, 6.07) is 12.6. The fourth-order valence-electron chi connectivity index (χ4n) is 3.49. The third-order valence-electron chi connectivity index (χ3n) is 5.04. The van der Waals surface area contributed by atoms with Gasteiger partial charge in [-0.3, -0.25) is 9.59 Å². The number of carbonyl (C=O) groups excluding carboxylic acids is 2. The summed E-state index contributed by atoms with van der Waals surface area (Å²) >= 11 is 0. The van der Waals surface area contributed by atoms with Crippen LogP contribution in [0.25, 0.3) is 0 Å². The standard InChI is InChI=1S/C23H22N4O3/c1-14-9-11-16(12-10-14)22(28)27-26-17-6-5-7-18-20(17)15(2)21(30-18)23(29)25-19-8-3-4-13-24-19/h3-4,8-13H,5-7H2,1-2H3,(H,27,28)(H,24,25,29)/b26-17+. The van der Waals surface area contributed by atoms with E-state index in [0.717, 1.165) is 29.7 Å². The van der Waals surface area contributed by atoms with Crippen LogP contribution >= 0.6 is 0 Å².